The van der Waals surface area contributed by atoms with Gasteiger partial charge in [0.05, 0.1) is 16.9 Å². The summed E-state index contributed by atoms with van der Waals surface area (Å²) >= 11 is 1.18. The first-order valence-corrected chi connectivity index (χ1v) is 8.16. The molecule has 23 heavy (non-hydrogen) atoms. The van der Waals surface area contributed by atoms with Crippen molar-refractivity contribution in [2.45, 2.75) is 38.8 Å². The van der Waals surface area contributed by atoms with Crippen LogP contribution in [0.25, 0.3) is 0 Å². The Morgan fingerprint density at radius 2 is 2.04 bits per heavy atom. The zero-order valence-corrected chi connectivity index (χ0v) is 13.3. The van der Waals surface area contributed by atoms with E-state index in [-0.39, 0.29) is 19.3 Å². The fourth-order valence-electron chi connectivity index (χ4n) is 2.94. The van der Waals surface area contributed by atoms with E-state index < -0.39 is 35.5 Å². The van der Waals surface area contributed by atoms with Crippen LogP contribution in [-0.2, 0) is 4.79 Å². The number of ketones is 2. The molecule has 1 aromatic heterocycles. The summed E-state index contributed by atoms with van der Waals surface area (Å²) in [6.07, 6.45) is -4.07. The summed E-state index contributed by atoms with van der Waals surface area (Å²) in [5.41, 5.74) is 0. The van der Waals surface area contributed by atoms with Crippen LogP contribution in [0.3, 0.4) is 0 Å². The van der Waals surface area contributed by atoms with E-state index in [2.05, 4.69) is 0 Å². The molecular weight excluding hydrogens is 327 g/mol. The molecule has 1 heterocycles. The van der Waals surface area contributed by atoms with Crippen molar-refractivity contribution in [3.8, 4) is 6.07 Å². The Balaban J connectivity index is 2.14. The molecule has 3 nitrogen and oxygen atoms in total. The van der Waals surface area contributed by atoms with Crippen molar-refractivity contribution in [1.29, 1.82) is 5.26 Å². The Labute approximate surface area is 136 Å². The molecule has 0 aliphatic heterocycles. The Morgan fingerprint density at radius 1 is 1.35 bits per heavy atom. The number of halogens is 3. The van der Waals surface area contributed by atoms with Crippen molar-refractivity contribution in [2.24, 2.45) is 17.8 Å². The number of nitriles is 1. The van der Waals surface area contributed by atoms with Crippen molar-refractivity contribution in [2.75, 3.05) is 0 Å². The van der Waals surface area contributed by atoms with E-state index >= 15 is 0 Å². The molecule has 0 aromatic carbocycles. The van der Waals surface area contributed by atoms with Crippen molar-refractivity contribution in [1.82, 2.24) is 0 Å². The first kappa shape index (κ1) is 17.7. The third kappa shape index (κ3) is 3.99. The van der Waals surface area contributed by atoms with E-state index in [1.807, 2.05) is 0 Å². The molecular formula is C16H16F3NO2S. The molecule has 124 valence electrons. The summed E-state index contributed by atoms with van der Waals surface area (Å²) in [6, 6.07) is 4.93. The van der Waals surface area contributed by atoms with Crippen LogP contribution in [0.2, 0.25) is 0 Å². The number of hydrogen-bond acceptors (Lipinski definition) is 4. The lowest BCUT2D eigenvalue weighted by atomic mass is 9.75. The van der Waals surface area contributed by atoms with Gasteiger partial charge in [-0.25, -0.2) is 0 Å². The number of alkyl halides is 3. The molecule has 1 aromatic rings. The van der Waals surface area contributed by atoms with E-state index in [1.54, 1.807) is 25.1 Å². The van der Waals surface area contributed by atoms with Crippen LogP contribution in [0.4, 0.5) is 13.2 Å². The molecule has 3 atom stereocenters. The van der Waals surface area contributed by atoms with Crippen molar-refractivity contribution in [3.05, 3.63) is 21.9 Å². The lowest BCUT2D eigenvalue weighted by Crippen LogP contribution is -2.36. The topological polar surface area (TPSA) is 57.9 Å². The number of hydrogen-bond donors (Lipinski definition) is 0. The number of Topliss-reactive ketones (excluding diaryl/α,β-unsaturated/α-hetero) is 2. The van der Waals surface area contributed by atoms with Gasteiger partial charge in [-0.2, -0.15) is 18.4 Å². The van der Waals surface area contributed by atoms with E-state index in [0.29, 0.717) is 11.3 Å². The highest BCUT2D eigenvalue weighted by Gasteiger charge is 2.45. The Kier molecular flexibility index (Phi) is 5.25. The second kappa shape index (κ2) is 6.83. The molecule has 0 amide bonds. The maximum Gasteiger partial charge on any atom is 0.391 e. The van der Waals surface area contributed by atoms with E-state index in [1.165, 1.54) is 11.3 Å². The van der Waals surface area contributed by atoms with Crippen LogP contribution >= 0.6 is 11.3 Å². The number of aryl methyl sites for hydroxylation is 1. The molecule has 1 aliphatic rings. The Bertz CT molecular complexity index is 644. The molecule has 0 radical (unpaired) electrons. The first-order chi connectivity index (χ1) is 10.7. The summed E-state index contributed by atoms with van der Waals surface area (Å²) in [7, 11) is 0. The summed E-state index contributed by atoms with van der Waals surface area (Å²) in [4.78, 5) is 25.9. The Morgan fingerprint density at radius 3 is 2.57 bits per heavy atom. The highest BCUT2D eigenvalue weighted by Crippen LogP contribution is 2.41. The number of thiophene rings is 1. The second-order valence-corrected chi connectivity index (χ2v) is 7.13. The van der Waals surface area contributed by atoms with Gasteiger partial charge in [0, 0.05) is 10.8 Å². The number of nitrogens with zero attached hydrogens (tertiary/aromatic N) is 1. The maximum absolute atomic E-state index is 12.8. The Hall–Kier alpha value is -1.68. The van der Waals surface area contributed by atoms with Gasteiger partial charge in [-0.05, 0) is 38.3 Å². The van der Waals surface area contributed by atoms with Gasteiger partial charge in [-0.15, -0.1) is 11.3 Å². The van der Waals surface area contributed by atoms with Crippen LogP contribution in [0.5, 0.6) is 0 Å². The van der Waals surface area contributed by atoms with Crippen molar-refractivity contribution >= 4 is 22.9 Å². The fourth-order valence-corrected chi connectivity index (χ4v) is 3.78. The van der Waals surface area contributed by atoms with Gasteiger partial charge in [0.2, 0.25) is 0 Å². The van der Waals surface area contributed by atoms with Crippen LogP contribution in [-0.4, -0.2) is 17.7 Å². The third-order valence-corrected chi connectivity index (χ3v) is 5.21. The molecule has 1 saturated carbocycles. The molecule has 1 fully saturated rings. The number of carbonyl (C=O) groups excluding carboxylic acids is 2. The van der Waals surface area contributed by atoms with Crippen molar-refractivity contribution < 1.29 is 22.8 Å². The summed E-state index contributed by atoms with van der Waals surface area (Å²) in [5.74, 6) is -5.18. The zero-order valence-electron chi connectivity index (χ0n) is 12.5. The van der Waals surface area contributed by atoms with Crippen LogP contribution in [0.15, 0.2) is 12.1 Å². The van der Waals surface area contributed by atoms with Crippen LogP contribution < -0.4 is 0 Å². The fraction of sp³-hybridized carbons (Fsp3) is 0.562. The van der Waals surface area contributed by atoms with Gasteiger partial charge in [-0.1, -0.05) is 6.42 Å². The zero-order chi connectivity index (χ0) is 17.2. The summed E-state index contributed by atoms with van der Waals surface area (Å²) in [6.45, 7) is 1.79. The summed E-state index contributed by atoms with van der Waals surface area (Å²) in [5, 5.41) is 9.18. The standard InChI is InChI=1S/C16H16F3NO2S/c1-9-5-6-13(23-9)15(22)12(8-20)14(21)10-3-2-4-11(7-10)16(17,18)19/h5-6,10-12H,2-4,7H2,1H3/t10-,11-,12-/m1/s1. The molecule has 1 aliphatic carbocycles. The summed E-state index contributed by atoms with van der Waals surface area (Å²) < 4.78 is 38.5. The highest BCUT2D eigenvalue weighted by atomic mass is 32.1. The quantitative estimate of drug-likeness (QED) is 0.604. The minimum absolute atomic E-state index is 0.00255. The van der Waals surface area contributed by atoms with Crippen LogP contribution in [0, 0.1) is 36.0 Å². The van der Waals surface area contributed by atoms with E-state index in [9.17, 15) is 28.0 Å². The minimum Gasteiger partial charge on any atom is -0.297 e. The molecule has 0 bridgehead atoms. The highest BCUT2D eigenvalue weighted by molar-refractivity contribution is 7.14. The largest absolute Gasteiger partial charge is 0.391 e. The smallest absolute Gasteiger partial charge is 0.297 e. The lowest BCUT2D eigenvalue weighted by Gasteiger charge is -2.30. The van der Waals surface area contributed by atoms with Gasteiger partial charge >= 0.3 is 6.18 Å². The van der Waals surface area contributed by atoms with E-state index in [0.717, 1.165) is 4.88 Å². The van der Waals surface area contributed by atoms with Gasteiger partial charge in [0.25, 0.3) is 0 Å². The van der Waals surface area contributed by atoms with Gasteiger partial charge < -0.3 is 0 Å². The predicted molar refractivity (Wildman–Crippen MR) is 79.0 cm³/mol. The third-order valence-electron chi connectivity index (χ3n) is 4.20. The minimum atomic E-state index is -4.34. The lowest BCUT2D eigenvalue weighted by molar-refractivity contribution is -0.186. The predicted octanol–water partition coefficient (Wildman–Crippen LogP) is 4.32. The number of rotatable bonds is 4. The SMILES string of the molecule is Cc1ccc(C(=O)[C@H](C#N)C(=O)[C@@H]2CCC[C@@H](C(F)(F)F)C2)s1. The van der Waals surface area contributed by atoms with Gasteiger partial charge in [-0.3, -0.25) is 9.59 Å². The molecule has 0 N–H and O–H groups in total. The molecule has 7 heteroatoms. The number of carbonyl (C=O) groups is 2. The molecule has 0 saturated heterocycles. The average molecular weight is 343 g/mol. The average Bonchev–Trinajstić information content (AvgIpc) is 2.93. The normalized spacial score (nSPS) is 23.1. The molecule has 0 unspecified atom stereocenters. The van der Waals surface area contributed by atoms with Gasteiger partial charge in [0.15, 0.2) is 17.5 Å². The van der Waals surface area contributed by atoms with E-state index in [4.69, 9.17) is 0 Å². The second-order valence-electron chi connectivity index (χ2n) is 5.84. The monoisotopic (exact) mass is 343 g/mol. The maximum atomic E-state index is 12.8. The van der Waals surface area contributed by atoms with Crippen LogP contribution in [0.1, 0.15) is 40.2 Å². The van der Waals surface area contributed by atoms with Gasteiger partial charge in [0.1, 0.15) is 0 Å². The molecule has 2 rings (SSSR count). The molecule has 0 spiro atoms. The van der Waals surface area contributed by atoms with Crippen molar-refractivity contribution in [3.63, 3.8) is 0 Å². The first-order valence-electron chi connectivity index (χ1n) is 7.34.